The highest BCUT2D eigenvalue weighted by Gasteiger charge is 2.06. The maximum Gasteiger partial charge on any atom is 0.226 e. The predicted octanol–water partition coefficient (Wildman–Crippen LogP) is 2.94. The van der Waals surface area contributed by atoms with Gasteiger partial charge in [-0.3, -0.25) is 5.10 Å². The number of hydrogen-bond donors (Lipinski definition) is 3. The maximum atomic E-state index is 5.53. The lowest BCUT2D eigenvalue weighted by molar-refractivity contribution is 0.572. The first-order chi connectivity index (χ1) is 11.8. The second kappa shape index (κ2) is 9.82. The van der Waals surface area contributed by atoms with Gasteiger partial charge in [0.15, 0.2) is 5.96 Å². The first-order valence-electron chi connectivity index (χ1n) is 7.85. The minimum atomic E-state index is 0. The van der Waals surface area contributed by atoms with Crippen molar-refractivity contribution in [1.82, 2.24) is 25.8 Å². The van der Waals surface area contributed by atoms with Crippen LogP contribution in [0.2, 0.25) is 0 Å². The van der Waals surface area contributed by atoms with Gasteiger partial charge in [0.2, 0.25) is 5.89 Å². The Bertz CT molecular complexity index is 770. The van der Waals surface area contributed by atoms with Crippen LogP contribution in [0.15, 0.2) is 58.3 Å². The van der Waals surface area contributed by atoms with Gasteiger partial charge in [0.25, 0.3) is 0 Å². The highest BCUT2D eigenvalue weighted by atomic mass is 127. The van der Waals surface area contributed by atoms with E-state index < -0.39 is 0 Å². The van der Waals surface area contributed by atoms with E-state index in [1.807, 2.05) is 43.3 Å². The maximum absolute atomic E-state index is 5.53. The van der Waals surface area contributed by atoms with Crippen LogP contribution in [0.3, 0.4) is 0 Å². The number of nitrogens with one attached hydrogen (secondary N) is 3. The van der Waals surface area contributed by atoms with Crippen molar-refractivity contribution in [2.45, 2.75) is 20.0 Å². The summed E-state index contributed by atoms with van der Waals surface area (Å²) in [6.07, 6.45) is 3.37. The van der Waals surface area contributed by atoms with Crippen molar-refractivity contribution in [1.29, 1.82) is 0 Å². The third-order valence-corrected chi connectivity index (χ3v) is 3.32. The van der Waals surface area contributed by atoms with E-state index in [9.17, 15) is 0 Å². The number of aromatic nitrogens is 3. The van der Waals surface area contributed by atoms with Crippen molar-refractivity contribution in [2.75, 3.05) is 6.54 Å². The molecule has 3 rings (SSSR count). The smallest absolute Gasteiger partial charge is 0.226 e. The molecule has 25 heavy (non-hydrogen) atoms. The Balaban J connectivity index is 0.00000225. The van der Waals surface area contributed by atoms with Crippen LogP contribution < -0.4 is 10.6 Å². The summed E-state index contributed by atoms with van der Waals surface area (Å²) in [6.45, 7) is 3.87. The van der Waals surface area contributed by atoms with Gasteiger partial charge in [-0.1, -0.05) is 18.2 Å². The molecule has 0 unspecified atom stereocenters. The largest absolute Gasteiger partial charge is 0.444 e. The number of aliphatic imine (C=N–C) groups is 1. The fourth-order valence-electron chi connectivity index (χ4n) is 2.16. The summed E-state index contributed by atoms with van der Waals surface area (Å²) in [6, 6.07) is 11.7. The summed E-state index contributed by atoms with van der Waals surface area (Å²) in [4.78, 5) is 9.00. The lowest BCUT2D eigenvalue weighted by Gasteiger charge is -2.09. The van der Waals surface area contributed by atoms with Gasteiger partial charge in [-0.2, -0.15) is 5.10 Å². The van der Waals surface area contributed by atoms with Crippen molar-refractivity contribution in [2.24, 2.45) is 4.99 Å². The van der Waals surface area contributed by atoms with Gasteiger partial charge in [0.05, 0.1) is 18.8 Å². The number of benzene rings is 1. The average molecular weight is 452 g/mol. The molecule has 2 aromatic heterocycles. The van der Waals surface area contributed by atoms with Crippen LogP contribution >= 0.6 is 24.0 Å². The minimum absolute atomic E-state index is 0. The van der Waals surface area contributed by atoms with Crippen LogP contribution in [0, 0.1) is 0 Å². The SMILES string of the molecule is CCNC(=NCc1coc(-c2ccccc2)n1)NCc1ccn[nH]1.I. The number of aromatic amines is 1. The van der Waals surface area contributed by atoms with Crippen LogP contribution in [0.5, 0.6) is 0 Å². The van der Waals surface area contributed by atoms with E-state index in [0.717, 1.165) is 29.5 Å². The number of hydrogen-bond acceptors (Lipinski definition) is 4. The van der Waals surface area contributed by atoms with Gasteiger partial charge in [0, 0.05) is 18.3 Å². The molecule has 0 aliphatic heterocycles. The van der Waals surface area contributed by atoms with Gasteiger partial charge >= 0.3 is 0 Å². The molecule has 2 heterocycles. The van der Waals surface area contributed by atoms with Crippen LogP contribution in [0.25, 0.3) is 11.5 Å². The van der Waals surface area contributed by atoms with E-state index in [4.69, 9.17) is 4.42 Å². The van der Waals surface area contributed by atoms with Gasteiger partial charge in [-0.25, -0.2) is 9.98 Å². The molecule has 1 aromatic carbocycles. The second-order valence-corrected chi connectivity index (χ2v) is 5.14. The quantitative estimate of drug-likeness (QED) is 0.304. The Hall–Kier alpha value is -2.36. The lowest BCUT2D eigenvalue weighted by Crippen LogP contribution is -2.36. The summed E-state index contributed by atoms with van der Waals surface area (Å²) in [5.74, 6) is 1.33. The first-order valence-corrected chi connectivity index (χ1v) is 7.85. The number of nitrogens with zero attached hydrogens (tertiary/aromatic N) is 3. The van der Waals surface area contributed by atoms with E-state index in [0.29, 0.717) is 19.0 Å². The monoisotopic (exact) mass is 452 g/mol. The molecule has 3 aromatic rings. The molecule has 0 radical (unpaired) electrons. The zero-order valence-electron chi connectivity index (χ0n) is 13.9. The molecule has 3 N–H and O–H groups in total. The molecule has 0 amide bonds. The van der Waals surface area contributed by atoms with Crippen molar-refractivity contribution in [3.05, 3.63) is 60.2 Å². The molecule has 0 spiro atoms. The van der Waals surface area contributed by atoms with Crippen LogP contribution in [0.1, 0.15) is 18.3 Å². The third-order valence-electron chi connectivity index (χ3n) is 3.32. The summed E-state index contributed by atoms with van der Waals surface area (Å²) >= 11 is 0. The predicted molar refractivity (Wildman–Crippen MR) is 108 cm³/mol. The van der Waals surface area contributed by atoms with E-state index in [1.54, 1.807) is 12.5 Å². The molecule has 0 atom stereocenters. The number of guanidine groups is 1. The lowest BCUT2D eigenvalue weighted by atomic mass is 10.2. The zero-order valence-corrected chi connectivity index (χ0v) is 16.2. The highest BCUT2D eigenvalue weighted by Crippen LogP contribution is 2.18. The van der Waals surface area contributed by atoms with Crippen molar-refractivity contribution in [3.63, 3.8) is 0 Å². The molecular formula is C17H21IN6O. The van der Waals surface area contributed by atoms with E-state index in [1.165, 1.54) is 0 Å². The van der Waals surface area contributed by atoms with Crippen LogP contribution in [-0.4, -0.2) is 27.7 Å². The summed E-state index contributed by atoms with van der Waals surface area (Å²) in [5, 5.41) is 13.3. The number of halogens is 1. The Morgan fingerprint density at radius 1 is 1.20 bits per heavy atom. The Morgan fingerprint density at radius 2 is 2.04 bits per heavy atom. The van der Waals surface area contributed by atoms with Gasteiger partial charge in [-0.15, -0.1) is 24.0 Å². The van der Waals surface area contributed by atoms with E-state index in [-0.39, 0.29) is 24.0 Å². The Labute approximate surface area is 163 Å². The molecule has 0 bridgehead atoms. The summed E-state index contributed by atoms with van der Waals surface area (Å²) < 4.78 is 5.53. The van der Waals surface area contributed by atoms with E-state index in [2.05, 4.69) is 30.8 Å². The molecule has 7 nitrogen and oxygen atoms in total. The fourth-order valence-corrected chi connectivity index (χ4v) is 2.16. The second-order valence-electron chi connectivity index (χ2n) is 5.14. The molecule has 0 saturated carbocycles. The minimum Gasteiger partial charge on any atom is -0.444 e. The van der Waals surface area contributed by atoms with Gasteiger partial charge in [0.1, 0.15) is 12.0 Å². The van der Waals surface area contributed by atoms with E-state index >= 15 is 0 Å². The topological polar surface area (TPSA) is 91.1 Å². The van der Waals surface area contributed by atoms with Gasteiger partial charge < -0.3 is 15.1 Å². The highest BCUT2D eigenvalue weighted by molar-refractivity contribution is 14.0. The average Bonchev–Trinajstić information content (AvgIpc) is 3.30. The molecular weight excluding hydrogens is 431 g/mol. The molecule has 0 aliphatic carbocycles. The molecule has 0 fully saturated rings. The van der Waals surface area contributed by atoms with Crippen LogP contribution in [0.4, 0.5) is 0 Å². The fraction of sp³-hybridized carbons (Fsp3) is 0.235. The molecule has 8 heteroatoms. The normalized spacial score (nSPS) is 11.0. The first kappa shape index (κ1) is 19.0. The summed E-state index contributed by atoms with van der Waals surface area (Å²) in [5.41, 5.74) is 2.73. The zero-order chi connectivity index (χ0) is 16.6. The molecule has 0 saturated heterocycles. The Kier molecular flexibility index (Phi) is 7.45. The number of H-pyrrole nitrogens is 1. The number of rotatable bonds is 6. The van der Waals surface area contributed by atoms with Crippen molar-refractivity contribution in [3.8, 4) is 11.5 Å². The van der Waals surface area contributed by atoms with Crippen LogP contribution in [-0.2, 0) is 13.1 Å². The summed E-state index contributed by atoms with van der Waals surface area (Å²) in [7, 11) is 0. The Morgan fingerprint density at radius 3 is 2.76 bits per heavy atom. The standard InChI is InChI=1S/C17H20N6O.HI/c1-2-18-17(19-10-14-8-9-21-23-14)20-11-15-12-24-16(22-15)13-6-4-3-5-7-13;/h3-9,12H,2,10-11H2,1H3,(H,21,23)(H2,18,19,20);1H. The third kappa shape index (κ3) is 5.59. The van der Waals surface area contributed by atoms with Gasteiger partial charge in [-0.05, 0) is 25.1 Å². The number of oxazole rings is 1. The molecule has 132 valence electrons. The van der Waals surface area contributed by atoms with Crippen molar-refractivity contribution >= 4 is 29.9 Å². The van der Waals surface area contributed by atoms with Crippen molar-refractivity contribution < 1.29 is 4.42 Å². The molecule has 0 aliphatic rings.